The van der Waals surface area contributed by atoms with Crippen molar-refractivity contribution in [3.63, 3.8) is 0 Å². The lowest BCUT2D eigenvalue weighted by Crippen LogP contribution is -2.25. The van der Waals surface area contributed by atoms with Crippen LogP contribution in [0.5, 0.6) is 5.88 Å². The van der Waals surface area contributed by atoms with Crippen LogP contribution in [0.1, 0.15) is 27.2 Å². The lowest BCUT2D eigenvalue weighted by Gasteiger charge is -2.11. The lowest BCUT2D eigenvalue weighted by molar-refractivity contribution is -0.192. The van der Waals surface area contributed by atoms with Crippen LogP contribution in [0.25, 0.3) is 5.52 Å². The number of hydroxylamine groups is 1. The summed E-state index contributed by atoms with van der Waals surface area (Å²) in [6.45, 7) is 2.81. The van der Waals surface area contributed by atoms with Crippen molar-refractivity contribution in [2.45, 2.75) is 26.6 Å². The van der Waals surface area contributed by atoms with Gasteiger partial charge in [-0.3, -0.25) is 9.63 Å². The summed E-state index contributed by atoms with van der Waals surface area (Å²) in [4.78, 5) is 26.2. The van der Waals surface area contributed by atoms with Gasteiger partial charge in [0.05, 0.1) is 35.6 Å². The average Bonchev–Trinajstić information content (AvgIpc) is 3.09. The summed E-state index contributed by atoms with van der Waals surface area (Å²) < 4.78 is 66.4. The van der Waals surface area contributed by atoms with Crippen LogP contribution in [-0.4, -0.2) is 51.1 Å². The van der Waals surface area contributed by atoms with Crippen LogP contribution < -0.4 is 10.2 Å². The monoisotopic (exact) mass is 505 g/mol. The summed E-state index contributed by atoms with van der Waals surface area (Å²) in [5.41, 5.74) is 3.94. The van der Waals surface area contributed by atoms with Crippen molar-refractivity contribution >= 4 is 17.4 Å². The molecular formula is C21H20F5N3O6. The fourth-order valence-corrected chi connectivity index (χ4v) is 2.77. The molecule has 3 N–H and O–H groups in total. The standard InChI is InChI=1S/C19H19F2N3O4.C2HF3O2/c1-11-8-16-18(19(26)23-28-7-6-25)12(2)22-24(16)17(9-11)27-10-13-14(20)4-3-5-15(13)21;3-2(4,5)1(6)7/h3-5,8-9,25H,6-7,10H2,1-2H3,(H,23,26);(H,6,7). The Labute approximate surface area is 194 Å². The normalized spacial score (nSPS) is 11.1. The number of benzene rings is 1. The fraction of sp³-hybridized carbons (Fsp3) is 0.286. The SMILES string of the molecule is Cc1cc(OCc2c(F)cccc2F)n2nc(C)c(C(=O)NOCCO)c2c1.O=C(O)C(F)(F)F. The van der Waals surface area contributed by atoms with Gasteiger partial charge in [-0.25, -0.2) is 19.1 Å². The number of carboxylic acid groups (broad SMARTS) is 1. The van der Waals surface area contributed by atoms with Gasteiger partial charge in [-0.2, -0.15) is 22.8 Å². The second-order valence-electron chi connectivity index (χ2n) is 6.92. The van der Waals surface area contributed by atoms with Crippen LogP contribution in [0.3, 0.4) is 0 Å². The second kappa shape index (κ2) is 11.6. The number of amides is 1. The molecule has 0 unspecified atom stereocenters. The highest BCUT2D eigenvalue weighted by atomic mass is 19.4. The first-order chi connectivity index (χ1) is 16.4. The van der Waals surface area contributed by atoms with Crippen molar-refractivity contribution in [3.8, 4) is 5.88 Å². The molecule has 9 nitrogen and oxygen atoms in total. The number of carbonyl (C=O) groups excluding carboxylic acids is 1. The summed E-state index contributed by atoms with van der Waals surface area (Å²) in [6, 6.07) is 6.97. The molecule has 1 aromatic carbocycles. The van der Waals surface area contributed by atoms with Crippen LogP contribution in [0.15, 0.2) is 30.3 Å². The number of nitrogens with one attached hydrogen (secondary N) is 1. The third-order valence-electron chi connectivity index (χ3n) is 4.27. The van der Waals surface area contributed by atoms with Crippen molar-refractivity contribution < 1.29 is 51.3 Å². The number of hydrogen-bond donors (Lipinski definition) is 3. The zero-order valence-corrected chi connectivity index (χ0v) is 18.3. The highest BCUT2D eigenvalue weighted by Gasteiger charge is 2.38. The fourth-order valence-electron chi connectivity index (χ4n) is 2.77. The molecule has 1 amide bonds. The van der Waals surface area contributed by atoms with Gasteiger partial charge in [0.2, 0.25) is 5.88 Å². The zero-order chi connectivity index (χ0) is 26.3. The van der Waals surface area contributed by atoms with Crippen LogP contribution in [0, 0.1) is 25.5 Å². The number of halogens is 5. The van der Waals surface area contributed by atoms with Gasteiger partial charge in [0.25, 0.3) is 5.91 Å². The molecule has 0 spiro atoms. The molecule has 2 heterocycles. The Bertz CT molecular complexity index is 1190. The van der Waals surface area contributed by atoms with Gasteiger partial charge in [-0.05, 0) is 37.6 Å². The highest BCUT2D eigenvalue weighted by molar-refractivity contribution is 6.01. The predicted octanol–water partition coefficient (Wildman–Crippen LogP) is 3.10. The first-order valence-corrected chi connectivity index (χ1v) is 9.75. The van der Waals surface area contributed by atoms with Gasteiger partial charge < -0.3 is 14.9 Å². The number of nitrogens with zero attached hydrogens (tertiary/aromatic N) is 2. The third-order valence-corrected chi connectivity index (χ3v) is 4.27. The van der Waals surface area contributed by atoms with E-state index in [4.69, 9.17) is 24.6 Å². The number of aromatic nitrogens is 2. The van der Waals surface area contributed by atoms with Gasteiger partial charge in [0, 0.05) is 6.07 Å². The third kappa shape index (κ3) is 7.10. The Hall–Kier alpha value is -3.78. The van der Waals surface area contributed by atoms with Gasteiger partial charge >= 0.3 is 12.1 Å². The molecule has 3 aromatic rings. The highest BCUT2D eigenvalue weighted by Crippen LogP contribution is 2.25. The number of alkyl halides is 3. The van der Waals surface area contributed by atoms with E-state index in [0.29, 0.717) is 11.2 Å². The van der Waals surface area contributed by atoms with Crippen LogP contribution in [-0.2, 0) is 16.2 Å². The van der Waals surface area contributed by atoms with Crippen molar-refractivity contribution in [2.24, 2.45) is 0 Å². The minimum absolute atomic E-state index is 0.0500. The Morgan fingerprint density at radius 3 is 2.29 bits per heavy atom. The number of carboxylic acids is 1. The van der Waals surface area contributed by atoms with Crippen LogP contribution in [0.2, 0.25) is 0 Å². The Balaban J connectivity index is 0.000000540. The van der Waals surface area contributed by atoms with Crippen molar-refractivity contribution in [3.05, 3.63) is 64.4 Å². The number of pyridine rings is 1. The van der Waals surface area contributed by atoms with E-state index in [0.717, 1.165) is 17.7 Å². The predicted molar refractivity (Wildman–Crippen MR) is 110 cm³/mol. The van der Waals surface area contributed by atoms with Gasteiger partial charge in [0.15, 0.2) is 0 Å². The lowest BCUT2D eigenvalue weighted by atomic mass is 10.1. The quantitative estimate of drug-likeness (QED) is 0.256. The summed E-state index contributed by atoms with van der Waals surface area (Å²) in [7, 11) is 0. The molecule has 3 rings (SSSR count). The average molecular weight is 505 g/mol. The van der Waals surface area contributed by atoms with Gasteiger partial charge in [-0.15, -0.1) is 0 Å². The molecule has 0 aliphatic rings. The molecule has 0 bridgehead atoms. The van der Waals surface area contributed by atoms with Crippen molar-refractivity contribution in [2.75, 3.05) is 13.2 Å². The van der Waals surface area contributed by atoms with Gasteiger partial charge in [-0.1, -0.05) is 6.07 Å². The number of aryl methyl sites for hydroxylation is 2. The van der Waals surface area contributed by atoms with E-state index in [1.807, 2.05) is 0 Å². The number of hydrogen-bond acceptors (Lipinski definition) is 6. The van der Waals surface area contributed by atoms with E-state index < -0.39 is 29.7 Å². The molecule has 2 aromatic heterocycles. The molecule has 0 radical (unpaired) electrons. The van der Waals surface area contributed by atoms with E-state index in [1.54, 1.807) is 26.0 Å². The maximum atomic E-state index is 13.8. The van der Waals surface area contributed by atoms with Crippen LogP contribution in [0.4, 0.5) is 22.0 Å². The number of aliphatic carboxylic acids is 1. The van der Waals surface area contributed by atoms with Gasteiger partial charge in [0.1, 0.15) is 18.2 Å². The first kappa shape index (κ1) is 27.5. The summed E-state index contributed by atoms with van der Waals surface area (Å²) >= 11 is 0. The molecule has 0 aliphatic carbocycles. The topological polar surface area (TPSA) is 122 Å². The zero-order valence-electron chi connectivity index (χ0n) is 18.3. The van der Waals surface area contributed by atoms with Crippen LogP contribution >= 0.6 is 0 Å². The summed E-state index contributed by atoms with van der Waals surface area (Å²) in [5.74, 6) is -4.47. The number of aliphatic hydroxyl groups is 1. The molecule has 0 aliphatic heterocycles. The van der Waals surface area contributed by atoms with Crippen molar-refractivity contribution in [1.29, 1.82) is 0 Å². The molecule has 0 saturated heterocycles. The maximum absolute atomic E-state index is 13.8. The number of fused-ring (bicyclic) bond motifs is 1. The number of rotatable bonds is 7. The van der Waals surface area contributed by atoms with E-state index in [-0.39, 0.29) is 36.8 Å². The smallest absolute Gasteiger partial charge is 0.475 e. The Kier molecular flexibility index (Phi) is 9.08. The molecular weight excluding hydrogens is 485 g/mol. The van der Waals surface area contributed by atoms with E-state index in [9.17, 15) is 26.7 Å². The minimum Gasteiger partial charge on any atom is -0.475 e. The number of aliphatic hydroxyl groups excluding tert-OH is 1. The first-order valence-electron chi connectivity index (χ1n) is 9.75. The molecule has 0 fully saturated rings. The maximum Gasteiger partial charge on any atom is 0.490 e. The Morgan fingerprint density at radius 1 is 1.14 bits per heavy atom. The largest absolute Gasteiger partial charge is 0.490 e. The number of ether oxygens (including phenoxy) is 1. The van der Waals surface area contributed by atoms with E-state index >= 15 is 0 Å². The minimum atomic E-state index is -5.08. The molecule has 35 heavy (non-hydrogen) atoms. The van der Waals surface area contributed by atoms with E-state index in [1.165, 1.54) is 10.6 Å². The summed E-state index contributed by atoms with van der Waals surface area (Å²) in [5, 5.41) is 20.2. The van der Waals surface area contributed by atoms with E-state index in [2.05, 4.69) is 10.6 Å². The Morgan fingerprint density at radius 2 is 1.74 bits per heavy atom. The van der Waals surface area contributed by atoms with Crippen molar-refractivity contribution in [1.82, 2.24) is 15.1 Å². The summed E-state index contributed by atoms with van der Waals surface area (Å²) in [6.07, 6.45) is -5.08. The molecule has 14 heteroatoms. The molecule has 0 saturated carbocycles. The second-order valence-corrected chi connectivity index (χ2v) is 6.92. The number of carbonyl (C=O) groups is 2. The molecule has 190 valence electrons. The molecule has 0 atom stereocenters.